The Morgan fingerprint density at radius 2 is 1.73 bits per heavy atom. The number of carbonyl (C=O) groups excluding carboxylic acids is 1. The standard InChI is InChI=1S/C32H31BrN2O5S/c1-17(2)39-26-13-11-20(22-9-7-8-10-23(22)26)15-27-30(36)35-29(24-16-21(33)12-14-25(24)38-6)28(31(37)40-18(3)4)19(5)34-32(35)41-27/h7-18,29H,1-6H3/b27-15-/t29-/m0/s1. The molecular weight excluding hydrogens is 604 g/mol. The predicted molar refractivity (Wildman–Crippen MR) is 165 cm³/mol. The molecule has 0 spiro atoms. The van der Waals surface area contributed by atoms with E-state index in [9.17, 15) is 9.59 Å². The average Bonchev–Trinajstić information content (AvgIpc) is 3.22. The van der Waals surface area contributed by atoms with E-state index in [2.05, 4.69) is 15.9 Å². The fraction of sp³-hybridized carbons (Fsp3) is 0.281. The Bertz CT molecular complexity index is 1870. The van der Waals surface area contributed by atoms with Crippen LogP contribution in [0.4, 0.5) is 0 Å². The van der Waals surface area contributed by atoms with Gasteiger partial charge in [0.25, 0.3) is 5.56 Å². The number of rotatable bonds is 7. The highest BCUT2D eigenvalue weighted by molar-refractivity contribution is 9.10. The summed E-state index contributed by atoms with van der Waals surface area (Å²) in [6, 6.07) is 16.6. The quantitative estimate of drug-likeness (QED) is 0.237. The van der Waals surface area contributed by atoms with Gasteiger partial charge in [0.05, 0.1) is 35.1 Å². The summed E-state index contributed by atoms with van der Waals surface area (Å²) in [6.45, 7) is 9.34. The molecule has 1 aromatic heterocycles. The Balaban J connectivity index is 1.75. The van der Waals surface area contributed by atoms with Gasteiger partial charge >= 0.3 is 5.97 Å². The largest absolute Gasteiger partial charge is 0.496 e. The van der Waals surface area contributed by atoms with Crippen molar-refractivity contribution in [3.63, 3.8) is 0 Å². The van der Waals surface area contributed by atoms with E-state index in [-0.39, 0.29) is 17.8 Å². The normalized spacial score (nSPS) is 15.3. The molecule has 4 aromatic rings. The van der Waals surface area contributed by atoms with Crippen molar-refractivity contribution in [2.75, 3.05) is 7.11 Å². The van der Waals surface area contributed by atoms with Crippen molar-refractivity contribution in [3.8, 4) is 11.5 Å². The van der Waals surface area contributed by atoms with Crippen LogP contribution in [0.3, 0.4) is 0 Å². The Labute approximate surface area is 250 Å². The molecule has 1 aliphatic rings. The van der Waals surface area contributed by atoms with E-state index in [1.807, 2.05) is 74.5 Å². The van der Waals surface area contributed by atoms with Crippen molar-refractivity contribution in [1.82, 2.24) is 4.57 Å². The minimum atomic E-state index is -0.786. The maximum atomic E-state index is 14.2. The molecular formula is C32H31BrN2O5S. The van der Waals surface area contributed by atoms with Crippen molar-refractivity contribution >= 4 is 50.1 Å². The van der Waals surface area contributed by atoms with E-state index in [1.165, 1.54) is 11.3 Å². The Kier molecular flexibility index (Phi) is 8.20. The summed E-state index contributed by atoms with van der Waals surface area (Å²) in [5, 5.41) is 1.94. The Morgan fingerprint density at radius 3 is 2.41 bits per heavy atom. The maximum Gasteiger partial charge on any atom is 0.338 e. The molecule has 0 unspecified atom stereocenters. The summed E-state index contributed by atoms with van der Waals surface area (Å²) >= 11 is 4.83. The first-order chi connectivity index (χ1) is 19.6. The number of benzene rings is 3. The number of fused-ring (bicyclic) bond motifs is 2. The number of methoxy groups -OCH3 is 1. The van der Waals surface area contributed by atoms with Gasteiger partial charge in [-0.05, 0) is 75.9 Å². The van der Waals surface area contributed by atoms with Crippen LogP contribution in [0.25, 0.3) is 16.8 Å². The van der Waals surface area contributed by atoms with Crippen molar-refractivity contribution < 1.29 is 19.0 Å². The number of ether oxygens (including phenoxy) is 3. The van der Waals surface area contributed by atoms with Gasteiger partial charge in [0, 0.05) is 15.4 Å². The molecule has 0 bridgehead atoms. The SMILES string of the molecule is COc1ccc(Br)cc1[C@H]1C(C(=O)OC(C)C)=C(C)N=c2s/c(=C\c3ccc(OC(C)C)c4ccccc34)c(=O)n21. The van der Waals surface area contributed by atoms with E-state index >= 15 is 0 Å². The van der Waals surface area contributed by atoms with Crippen LogP contribution < -0.4 is 24.4 Å². The molecule has 0 aliphatic carbocycles. The van der Waals surface area contributed by atoms with Gasteiger partial charge in [0.2, 0.25) is 0 Å². The summed E-state index contributed by atoms with van der Waals surface area (Å²) in [6.07, 6.45) is 1.57. The van der Waals surface area contributed by atoms with Crippen LogP contribution >= 0.6 is 27.3 Å². The average molecular weight is 636 g/mol. The molecule has 0 saturated carbocycles. The van der Waals surface area contributed by atoms with Gasteiger partial charge in [-0.1, -0.05) is 57.6 Å². The molecule has 0 N–H and O–H groups in total. The number of carbonyl (C=O) groups is 1. The van der Waals surface area contributed by atoms with Gasteiger partial charge in [-0.2, -0.15) is 0 Å². The lowest BCUT2D eigenvalue weighted by Crippen LogP contribution is -2.40. The molecule has 212 valence electrons. The number of allylic oxidation sites excluding steroid dienone is 1. The number of esters is 1. The monoisotopic (exact) mass is 634 g/mol. The highest BCUT2D eigenvalue weighted by atomic mass is 79.9. The number of hydrogen-bond acceptors (Lipinski definition) is 7. The second-order valence-corrected chi connectivity index (χ2v) is 12.2. The van der Waals surface area contributed by atoms with E-state index in [0.29, 0.717) is 31.9 Å². The van der Waals surface area contributed by atoms with Crippen LogP contribution in [0, 0.1) is 0 Å². The van der Waals surface area contributed by atoms with Crippen molar-refractivity contribution in [2.45, 2.75) is 52.9 Å². The third kappa shape index (κ3) is 5.61. The van der Waals surface area contributed by atoms with Gasteiger partial charge in [-0.25, -0.2) is 9.79 Å². The summed E-state index contributed by atoms with van der Waals surface area (Å²) in [7, 11) is 1.57. The molecule has 0 fully saturated rings. The van der Waals surface area contributed by atoms with Crippen LogP contribution in [0.15, 0.2) is 80.1 Å². The summed E-state index contributed by atoms with van der Waals surface area (Å²) in [5.41, 5.74) is 2.08. The van der Waals surface area contributed by atoms with E-state index in [4.69, 9.17) is 19.2 Å². The fourth-order valence-corrected chi connectivity index (χ4v) is 6.41. The topological polar surface area (TPSA) is 79.1 Å². The summed E-state index contributed by atoms with van der Waals surface area (Å²) < 4.78 is 20.2. The molecule has 0 saturated heterocycles. The summed E-state index contributed by atoms with van der Waals surface area (Å²) in [5.74, 6) is 0.818. The predicted octanol–water partition coefficient (Wildman–Crippen LogP) is 5.90. The van der Waals surface area contributed by atoms with Crippen LogP contribution in [0.1, 0.15) is 51.8 Å². The second kappa shape index (κ2) is 11.7. The van der Waals surface area contributed by atoms with Crippen LogP contribution in [-0.4, -0.2) is 29.9 Å². The molecule has 1 atom stereocenters. The fourth-order valence-electron chi connectivity index (χ4n) is 4.99. The van der Waals surface area contributed by atoms with Gasteiger partial charge in [-0.3, -0.25) is 9.36 Å². The molecule has 0 radical (unpaired) electrons. The van der Waals surface area contributed by atoms with E-state index < -0.39 is 12.0 Å². The van der Waals surface area contributed by atoms with Crippen molar-refractivity contribution in [3.05, 3.63) is 101 Å². The molecule has 41 heavy (non-hydrogen) atoms. The smallest absolute Gasteiger partial charge is 0.338 e. The minimum absolute atomic E-state index is 0.0304. The van der Waals surface area contributed by atoms with Crippen molar-refractivity contribution in [2.24, 2.45) is 4.99 Å². The lowest BCUT2D eigenvalue weighted by Gasteiger charge is -2.26. The van der Waals surface area contributed by atoms with E-state index in [0.717, 1.165) is 26.6 Å². The van der Waals surface area contributed by atoms with E-state index in [1.54, 1.807) is 32.4 Å². The van der Waals surface area contributed by atoms with Gasteiger partial charge in [-0.15, -0.1) is 0 Å². The third-order valence-corrected chi connectivity index (χ3v) is 8.11. The molecule has 5 rings (SSSR count). The first-order valence-corrected chi connectivity index (χ1v) is 14.9. The molecule has 9 heteroatoms. The zero-order valence-electron chi connectivity index (χ0n) is 23.7. The number of thiazole rings is 1. The van der Waals surface area contributed by atoms with Crippen LogP contribution in [-0.2, 0) is 9.53 Å². The lowest BCUT2D eigenvalue weighted by molar-refractivity contribution is -0.143. The lowest BCUT2D eigenvalue weighted by atomic mass is 9.95. The number of aromatic nitrogens is 1. The molecule has 7 nitrogen and oxygen atoms in total. The number of halogens is 1. The Morgan fingerprint density at radius 1 is 1.02 bits per heavy atom. The molecule has 2 heterocycles. The zero-order valence-corrected chi connectivity index (χ0v) is 26.1. The second-order valence-electron chi connectivity index (χ2n) is 10.3. The van der Waals surface area contributed by atoms with Gasteiger partial charge < -0.3 is 14.2 Å². The van der Waals surface area contributed by atoms with Gasteiger partial charge in [0.15, 0.2) is 4.80 Å². The van der Waals surface area contributed by atoms with Crippen LogP contribution in [0.2, 0.25) is 0 Å². The first kappa shape index (κ1) is 28.8. The minimum Gasteiger partial charge on any atom is -0.496 e. The highest BCUT2D eigenvalue weighted by Gasteiger charge is 2.35. The molecule has 3 aromatic carbocycles. The molecule has 0 amide bonds. The third-order valence-electron chi connectivity index (χ3n) is 6.64. The Hall–Kier alpha value is -3.69. The first-order valence-electron chi connectivity index (χ1n) is 13.3. The van der Waals surface area contributed by atoms with Crippen molar-refractivity contribution in [1.29, 1.82) is 0 Å². The maximum absolute atomic E-state index is 14.2. The van der Waals surface area contributed by atoms with Gasteiger partial charge in [0.1, 0.15) is 17.5 Å². The zero-order chi connectivity index (χ0) is 29.4. The highest BCUT2D eigenvalue weighted by Crippen LogP contribution is 2.37. The molecule has 1 aliphatic heterocycles. The van der Waals surface area contributed by atoms with Crippen LogP contribution in [0.5, 0.6) is 11.5 Å². The summed E-state index contributed by atoms with van der Waals surface area (Å²) in [4.78, 5) is 32.8. The number of nitrogens with zero attached hydrogens (tertiary/aromatic N) is 2. The number of hydrogen-bond donors (Lipinski definition) is 0.